The average molecular weight is 413 g/mol. The summed E-state index contributed by atoms with van der Waals surface area (Å²) in [7, 11) is 1.86. The van der Waals surface area contributed by atoms with Gasteiger partial charge >= 0.3 is 11.6 Å². The molecule has 4 aromatic rings. The van der Waals surface area contributed by atoms with Crippen molar-refractivity contribution in [3.05, 3.63) is 57.9 Å². The number of benzene rings is 2. The van der Waals surface area contributed by atoms with Crippen molar-refractivity contribution in [1.82, 2.24) is 4.98 Å². The van der Waals surface area contributed by atoms with Crippen molar-refractivity contribution >= 4 is 45.3 Å². The summed E-state index contributed by atoms with van der Waals surface area (Å²) in [6.45, 7) is 0.575. The second-order valence-corrected chi connectivity index (χ2v) is 7.16. The number of carboxylic acids is 1. The molecule has 0 spiro atoms. The molecule has 0 aliphatic rings. The molecule has 0 fully saturated rings. The van der Waals surface area contributed by atoms with Crippen LogP contribution in [0, 0.1) is 0 Å². The topological polar surface area (TPSA) is 96.8 Å². The Morgan fingerprint density at radius 3 is 2.76 bits per heavy atom. The van der Waals surface area contributed by atoms with E-state index in [1.165, 1.54) is 0 Å². The van der Waals surface area contributed by atoms with Gasteiger partial charge in [0.15, 0.2) is 5.58 Å². The molecular weight excluding hydrogens is 396 g/mol. The maximum atomic E-state index is 12.5. The largest absolute Gasteiger partial charge is 0.481 e. The van der Waals surface area contributed by atoms with Gasteiger partial charge in [-0.1, -0.05) is 11.6 Å². The summed E-state index contributed by atoms with van der Waals surface area (Å²) in [5, 5.41) is 10.0. The van der Waals surface area contributed by atoms with Gasteiger partial charge in [-0.15, -0.1) is 0 Å². The third-order valence-electron chi connectivity index (χ3n) is 4.62. The van der Waals surface area contributed by atoms with Crippen LogP contribution in [-0.4, -0.2) is 29.7 Å². The molecule has 4 rings (SSSR count). The Kier molecular flexibility index (Phi) is 4.98. The van der Waals surface area contributed by atoms with Crippen LogP contribution in [0.1, 0.15) is 12.8 Å². The second-order valence-electron chi connectivity index (χ2n) is 6.72. The van der Waals surface area contributed by atoms with Crippen LogP contribution in [0.4, 0.5) is 5.69 Å². The Labute approximate surface area is 170 Å². The normalized spacial score (nSPS) is 11.2. The Morgan fingerprint density at radius 1 is 1.14 bits per heavy atom. The highest BCUT2D eigenvalue weighted by Crippen LogP contribution is 2.28. The first-order chi connectivity index (χ1) is 13.9. The molecule has 0 atom stereocenters. The number of fused-ring (bicyclic) bond motifs is 2. The average Bonchev–Trinajstić information content (AvgIpc) is 3.09. The van der Waals surface area contributed by atoms with E-state index < -0.39 is 11.6 Å². The molecule has 0 saturated carbocycles. The lowest BCUT2D eigenvalue weighted by atomic mass is 10.1. The number of aromatic nitrogens is 1. The summed E-state index contributed by atoms with van der Waals surface area (Å²) >= 11 is 5.98. The number of rotatable bonds is 6. The molecule has 2 heterocycles. The monoisotopic (exact) mass is 412 g/mol. The molecule has 1 N–H and O–H groups in total. The minimum atomic E-state index is -0.822. The van der Waals surface area contributed by atoms with Gasteiger partial charge in [0.1, 0.15) is 16.7 Å². The Bertz CT molecular complexity index is 1280. The molecule has 0 aliphatic heterocycles. The Morgan fingerprint density at radius 2 is 1.97 bits per heavy atom. The number of carboxylic acid groups (broad SMARTS) is 1. The summed E-state index contributed by atoms with van der Waals surface area (Å²) in [5.74, 6) is -0.648. The van der Waals surface area contributed by atoms with E-state index in [2.05, 4.69) is 4.98 Å². The molecule has 148 valence electrons. The van der Waals surface area contributed by atoms with Crippen molar-refractivity contribution in [3.63, 3.8) is 0 Å². The SMILES string of the molecule is CN(CCCC(=O)O)c1ccc2cc(-c3nc4cc(Cl)ccc4o3)c(=O)oc2c1. The second kappa shape index (κ2) is 7.60. The number of anilines is 1. The van der Waals surface area contributed by atoms with Crippen LogP contribution >= 0.6 is 11.6 Å². The van der Waals surface area contributed by atoms with Crippen molar-refractivity contribution < 1.29 is 18.7 Å². The fraction of sp³-hybridized carbons (Fsp3) is 0.190. The quantitative estimate of drug-likeness (QED) is 0.464. The third-order valence-corrected chi connectivity index (χ3v) is 4.86. The first-order valence-electron chi connectivity index (χ1n) is 8.98. The van der Waals surface area contributed by atoms with Crippen LogP contribution in [0.2, 0.25) is 5.02 Å². The molecule has 0 saturated heterocycles. The molecule has 0 aliphatic carbocycles. The van der Waals surface area contributed by atoms with Crippen molar-refractivity contribution in [2.45, 2.75) is 12.8 Å². The number of aliphatic carboxylic acids is 1. The Hall–Kier alpha value is -3.32. The van der Waals surface area contributed by atoms with E-state index >= 15 is 0 Å². The molecule has 0 unspecified atom stereocenters. The van der Waals surface area contributed by atoms with Crippen molar-refractivity contribution in [2.24, 2.45) is 0 Å². The van der Waals surface area contributed by atoms with Crippen LogP contribution in [0.15, 0.2) is 56.1 Å². The predicted octanol–water partition coefficient (Wildman–Crippen LogP) is 4.56. The number of nitrogens with zero attached hydrogens (tertiary/aromatic N) is 2. The molecule has 0 bridgehead atoms. The zero-order valence-corrected chi connectivity index (χ0v) is 16.3. The minimum absolute atomic E-state index is 0.103. The van der Waals surface area contributed by atoms with Crippen LogP contribution < -0.4 is 10.5 Å². The number of halogens is 1. The maximum absolute atomic E-state index is 12.5. The fourth-order valence-corrected chi connectivity index (χ4v) is 3.27. The van der Waals surface area contributed by atoms with Gasteiger partial charge in [-0.25, -0.2) is 9.78 Å². The first kappa shape index (κ1) is 19.0. The summed E-state index contributed by atoms with van der Waals surface area (Å²) in [6.07, 6.45) is 0.626. The van der Waals surface area contributed by atoms with E-state index in [9.17, 15) is 9.59 Å². The third kappa shape index (κ3) is 3.95. The number of oxazole rings is 1. The highest BCUT2D eigenvalue weighted by molar-refractivity contribution is 6.31. The molecule has 0 amide bonds. The molecule has 8 heteroatoms. The number of carbonyl (C=O) groups is 1. The van der Waals surface area contributed by atoms with Gasteiger partial charge < -0.3 is 18.8 Å². The first-order valence-corrected chi connectivity index (χ1v) is 9.36. The van der Waals surface area contributed by atoms with E-state index in [0.29, 0.717) is 34.7 Å². The minimum Gasteiger partial charge on any atom is -0.481 e. The van der Waals surface area contributed by atoms with Gasteiger partial charge in [0, 0.05) is 42.2 Å². The molecule has 29 heavy (non-hydrogen) atoms. The number of hydrogen-bond acceptors (Lipinski definition) is 6. The van der Waals surface area contributed by atoms with E-state index in [1.54, 1.807) is 30.3 Å². The highest BCUT2D eigenvalue weighted by Gasteiger charge is 2.15. The summed E-state index contributed by atoms with van der Waals surface area (Å²) in [4.78, 5) is 29.5. The molecule has 2 aromatic carbocycles. The fourth-order valence-electron chi connectivity index (χ4n) is 3.10. The molecule has 7 nitrogen and oxygen atoms in total. The molecule has 0 radical (unpaired) electrons. The van der Waals surface area contributed by atoms with Gasteiger partial charge in [0.25, 0.3) is 0 Å². The summed E-state index contributed by atoms with van der Waals surface area (Å²) < 4.78 is 11.2. The van der Waals surface area contributed by atoms with Crippen LogP contribution in [-0.2, 0) is 4.79 Å². The van der Waals surface area contributed by atoms with E-state index in [1.807, 2.05) is 24.1 Å². The number of hydrogen-bond donors (Lipinski definition) is 1. The predicted molar refractivity (Wildman–Crippen MR) is 111 cm³/mol. The van der Waals surface area contributed by atoms with Gasteiger partial charge in [0.05, 0.1) is 0 Å². The van der Waals surface area contributed by atoms with Gasteiger partial charge in [-0.05, 0) is 42.8 Å². The van der Waals surface area contributed by atoms with Crippen molar-refractivity contribution in [2.75, 3.05) is 18.5 Å². The zero-order valence-electron chi connectivity index (χ0n) is 15.5. The van der Waals surface area contributed by atoms with Gasteiger partial charge in [-0.3, -0.25) is 4.79 Å². The lowest BCUT2D eigenvalue weighted by Gasteiger charge is -2.19. The van der Waals surface area contributed by atoms with E-state index in [4.69, 9.17) is 25.5 Å². The van der Waals surface area contributed by atoms with Crippen LogP contribution in [0.5, 0.6) is 0 Å². The van der Waals surface area contributed by atoms with Gasteiger partial charge in [-0.2, -0.15) is 0 Å². The smallest absolute Gasteiger partial charge is 0.349 e. The van der Waals surface area contributed by atoms with Crippen LogP contribution in [0.3, 0.4) is 0 Å². The lowest BCUT2D eigenvalue weighted by molar-refractivity contribution is -0.137. The lowest BCUT2D eigenvalue weighted by Crippen LogP contribution is -2.19. The molecule has 2 aromatic heterocycles. The van der Waals surface area contributed by atoms with Crippen molar-refractivity contribution in [1.29, 1.82) is 0 Å². The van der Waals surface area contributed by atoms with Crippen LogP contribution in [0.25, 0.3) is 33.5 Å². The van der Waals surface area contributed by atoms with Gasteiger partial charge in [0.2, 0.25) is 5.89 Å². The van der Waals surface area contributed by atoms with E-state index in [0.717, 1.165) is 11.1 Å². The summed E-state index contributed by atoms with van der Waals surface area (Å²) in [5.41, 5.74) is 2.02. The zero-order chi connectivity index (χ0) is 20.5. The highest BCUT2D eigenvalue weighted by atomic mass is 35.5. The van der Waals surface area contributed by atoms with E-state index in [-0.39, 0.29) is 17.9 Å². The Balaban J connectivity index is 1.66. The standard InChI is InChI=1S/C21H17ClN2O5/c1-24(8-2-3-19(25)26)14-6-4-12-9-15(21(27)29-18(12)11-14)20-23-16-10-13(22)5-7-17(16)28-20/h4-7,9-11H,2-3,8H2,1H3,(H,25,26). The maximum Gasteiger partial charge on any atom is 0.349 e. The summed E-state index contributed by atoms with van der Waals surface area (Å²) in [6, 6.07) is 12.2. The van der Waals surface area contributed by atoms with Crippen molar-refractivity contribution in [3.8, 4) is 11.5 Å². The molecular formula is C21H17ClN2O5.